The quantitative estimate of drug-likeness (QED) is 0.911. The molecule has 3 rings (SSSR count). The molecule has 3 nitrogen and oxygen atoms in total. The van der Waals surface area contributed by atoms with Gasteiger partial charge in [0, 0.05) is 36.5 Å². The van der Waals surface area contributed by atoms with E-state index in [4.69, 9.17) is 4.74 Å². The second-order valence-corrected chi connectivity index (χ2v) is 4.96. The van der Waals surface area contributed by atoms with Gasteiger partial charge in [0.05, 0.1) is 6.61 Å². The monoisotopic (exact) mass is 254 g/mol. The SMILES string of the molecule is C[C@@H](NCC1COc2ccccc21)c1ccncc1. The van der Waals surface area contributed by atoms with E-state index >= 15 is 0 Å². The van der Waals surface area contributed by atoms with Crippen LogP contribution in [0.5, 0.6) is 5.75 Å². The number of fused-ring (bicyclic) bond motifs is 1. The number of hydrogen-bond donors (Lipinski definition) is 1. The van der Waals surface area contributed by atoms with Gasteiger partial charge in [0.25, 0.3) is 0 Å². The number of hydrogen-bond acceptors (Lipinski definition) is 3. The molecule has 2 aromatic rings. The summed E-state index contributed by atoms with van der Waals surface area (Å²) in [6.07, 6.45) is 3.67. The van der Waals surface area contributed by atoms with E-state index < -0.39 is 0 Å². The molecule has 1 unspecified atom stereocenters. The maximum absolute atomic E-state index is 5.70. The van der Waals surface area contributed by atoms with Crippen LogP contribution in [-0.4, -0.2) is 18.1 Å². The second-order valence-electron chi connectivity index (χ2n) is 4.96. The van der Waals surface area contributed by atoms with Crippen LogP contribution < -0.4 is 10.1 Å². The number of aromatic nitrogens is 1. The van der Waals surface area contributed by atoms with Gasteiger partial charge in [-0.15, -0.1) is 0 Å². The third kappa shape index (κ3) is 2.61. The largest absolute Gasteiger partial charge is 0.493 e. The highest BCUT2D eigenvalue weighted by molar-refractivity contribution is 5.39. The average Bonchev–Trinajstić information content (AvgIpc) is 2.89. The van der Waals surface area contributed by atoms with Crippen molar-refractivity contribution in [3.8, 4) is 5.75 Å². The molecule has 1 aliphatic rings. The van der Waals surface area contributed by atoms with E-state index in [1.54, 1.807) is 0 Å². The fourth-order valence-electron chi connectivity index (χ4n) is 2.49. The topological polar surface area (TPSA) is 34.1 Å². The summed E-state index contributed by atoms with van der Waals surface area (Å²) < 4.78 is 5.70. The van der Waals surface area contributed by atoms with E-state index in [2.05, 4.69) is 41.5 Å². The van der Waals surface area contributed by atoms with Gasteiger partial charge >= 0.3 is 0 Å². The molecule has 0 amide bonds. The van der Waals surface area contributed by atoms with E-state index in [1.165, 1.54) is 11.1 Å². The average molecular weight is 254 g/mol. The van der Waals surface area contributed by atoms with Crippen LogP contribution in [-0.2, 0) is 0 Å². The Kier molecular flexibility index (Phi) is 3.47. The molecule has 0 bridgehead atoms. The van der Waals surface area contributed by atoms with Gasteiger partial charge in [-0.25, -0.2) is 0 Å². The van der Waals surface area contributed by atoms with Crippen LogP contribution in [0.1, 0.15) is 30.0 Å². The van der Waals surface area contributed by atoms with Gasteiger partial charge in [-0.3, -0.25) is 4.98 Å². The lowest BCUT2D eigenvalue weighted by molar-refractivity contribution is 0.323. The molecular weight excluding hydrogens is 236 g/mol. The first-order chi connectivity index (χ1) is 9.34. The Morgan fingerprint density at radius 1 is 1.26 bits per heavy atom. The zero-order valence-electron chi connectivity index (χ0n) is 11.0. The fraction of sp³-hybridized carbons (Fsp3) is 0.312. The normalized spacial score (nSPS) is 18.7. The van der Waals surface area contributed by atoms with Crippen molar-refractivity contribution in [3.63, 3.8) is 0 Å². The third-order valence-electron chi connectivity index (χ3n) is 3.68. The Bertz CT molecular complexity index is 541. The van der Waals surface area contributed by atoms with Gasteiger partial charge in [0.1, 0.15) is 5.75 Å². The van der Waals surface area contributed by atoms with Crippen molar-refractivity contribution in [2.24, 2.45) is 0 Å². The minimum absolute atomic E-state index is 0.329. The number of pyridine rings is 1. The molecule has 98 valence electrons. The number of rotatable bonds is 4. The number of benzene rings is 1. The van der Waals surface area contributed by atoms with Gasteiger partial charge in [-0.2, -0.15) is 0 Å². The highest BCUT2D eigenvalue weighted by atomic mass is 16.5. The zero-order valence-corrected chi connectivity index (χ0v) is 11.0. The van der Waals surface area contributed by atoms with Crippen LogP contribution in [0.2, 0.25) is 0 Å². The Labute approximate surface area is 113 Å². The standard InChI is InChI=1S/C16H18N2O/c1-12(13-6-8-17-9-7-13)18-10-14-11-19-16-5-3-2-4-15(14)16/h2-9,12,14,18H,10-11H2,1H3/t12-,14?/m1/s1. The maximum atomic E-state index is 5.70. The van der Waals surface area contributed by atoms with Crippen LogP contribution in [0.25, 0.3) is 0 Å². The lowest BCUT2D eigenvalue weighted by Crippen LogP contribution is -2.25. The van der Waals surface area contributed by atoms with E-state index in [1.807, 2.05) is 24.5 Å². The summed E-state index contributed by atoms with van der Waals surface area (Å²) in [6.45, 7) is 3.88. The lowest BCUT2D eigenvalue weighted by Gasteiger charge is -2.17. The summed E-state index contributed by atoms with van der Waals surface area (Å²) >= 11 is 0. The molecular formula is C16H18N2O. The van der Waals surface area contributed by atoms with E-state index in [0.29, 0.717) is 12.0 Å². The molecule has 1 N–H and O–H groups in total. The predicted octanol–water partition coefficient (Wildman–Crippen LogP) is 2.91. The summed E-state index contributed by atoms with van der Waals surface area (Å²) in [5.74, 6) is 1.48. The van der Waals surface area contributed by atoms with Crippen molar-refractivity contribution in [2.75, 3.05) is 13.2 Å². The first-order valence-corrected chi connectivity index (χ1v) is 6.69. The van der Waals surface area contributed by atoms with Crippen molar-refractivity contribution in [2.45, 2.75) is 18.9 Å². The molecule has 0 fully saturated rings. The molecule has 0 spiro atoms. The van der Waals surface area contributed by atoms with Gasteiger partial charge in [0.2, 0.25) is 0 Å². The van der Waals surface area contributed by atoms with Crippen LogP contribution in [0.3, 0.4) is 0 Å². The van der Waals surface area contributed by atoms with Crippen molar-refractivity contribution < 1.29 is 4.74 Å². The molecule has 19 heavy (non-hydrogen) atoms. The smallest absolute Gasteiger partial charge is 0.122 e. The maximum Gasteiger partial charge on any atom is 0.122 e. The van der Waals surface area contributed by atoms with Gasteiger partial charge in [-0.05, 0) is 30.7 Å². The van der Waals surface area contributed by atoms with Crippen molar-refractivity contribution in [1.29, 1.82) is 0 Å². The molecule has 1 aromatic heterocycles. The molecule has 2 atom stereocenters. The molecule has 1 aliphatic heterocycles. The second kappa shape index (κ2) is 5.41. The molecule has 0 saturated heterocycles. The Hall–Kier alpha value is -1.87. The summed E-state index contributed by atoms with van der Waals surface area (Å²) in [5.41, 5.74) is 2.58. The van der Waals surface area contributed by atoms with Crippen molar-refractivity contribution in [1.82, 2.24) is 10.3 Å². The van der Waals surface area contributed by atoms with Crippen LogP contribution in [0.4, 0.5) is 0 Å². The molecule has 0 aliphatic carbocycles. The fourth-order valence-corrected chi connectivity index (χ4v) is 2.49. The first kappa shape index (κ1) is 12.2. The van der Waals surface area contributed by atoms with E-state index in [9.17, 15) is 0 Å². The minimum atomic E-state index is 0.329. The van der Waals surface area contributed by atoms with Crippen molar-refractivity contribution >= 4 is 0 Å². The summed E-state index contributed by atoms with van der Waals surface area (Å²) in [6, 6.07) is 12.7. The van der Waals surface area contributed by atoms with Crippen LogP contribution >= 0.6 is 0 Å². The number of para-hydroxylation sites is 1. The highest BCUT2D eigenvalue weighted by Gasteiger charge is 2.23. The predicted molar refractivity (Wildman–Crippen MR) is 75.3 cm³/mol. The van der Waals surface area contributed by atoms with Crippen LogP contribution in [0.15, 0.2) is 48.8 Å². The Morgan fingerprint density at radius 3 is 2.89 bits per heavy atom. The first-order valence-electron chi connectivity index (χ1n) is 6.69. The number of nitrogens with zero attached hydrogens (tertiary/aromatic N) is 1. The molecule has 0 radical (unpaired) electrons. The minimum Gasteiger partial charge on any atom is -0.493 e. The summed E-state index contributed by atoms with van der Waals surface area (Å²) in [4.78, 5) is 4.05. The zero-order chi connectivity index (χ0) is 13.1. The highest BCUT2D eigenvalue weighted by Crippen LogP contribution is 2.33. The van der Waals surface area contributed by atoms with Gasteiger partial charge in [0.15, 0.2) is 0 Å². The van der Waals surface area contributed by atoms with Gasteiger partial charge < -0.3 is 10.1 Å². The molecule has 0 saturated carbocycles. The number of nitrogens with one attached hydrogen (secondary N) is 1. The molecule has 3 heteroatoms. The van der Waals surface area contributed by atoms with Gasteiger partial charge in [-0.1, -0.05) is 18.2 Å². The third-order valence-corrected chi connectivity index (χ3v) is 3.68. The molecule has 1 aromatic carbocycles. The summed E-state index contributed by atoms with van der Waals surface area (Å²) in [5, 5.41) is 3.57. The van der Waals surface area contributed by atoms with E-state index in [-0.39, 0.29) is 0 Å². The van der Waals surface area contributed by atoms with Crippen LogP contribution in [0, 0.1) is 0 Å². The molecule has 2 heterocycles. The Morgan fingerprint density at radius 2 is 2.05 bits per heavy atom. The van der Waals surface area contributed by atoms with E-state index in [0.717, 1.165) is 18.9 Å². The lowest BCUT2D eigenvalue weighted by atomic mass is 10.0. The Balaban J connectivity index is 1.62. The van der Waals surface area contributed by atoms with Crippen molar-refractivity contribution in [3.05, 3.63) is 59.9 Å². The summed E-state index contributed by atoms with van der Waals surface area (Å²) in [7, 11) is 0. The number of ether oxygens (including phenoxy) is 1.